The minimum atomic E-state index is -1.73. The zero-order valence-corrected chi connectivity index (χ0v) is 12.8. The summed E-state index contributed by atoms with van der Waals surface area (Å²) in [4.78, 5) is 38.1. The minimum Gasteiger partial charge on any atom is -0.444 e. The molecule has 8 heteroatoms. The van der Waals surface area contributed by atoms with E-state index in [1.165, 1.54) is 0 Å². The van der Waals surface area contributed by atoms with Gasteiger partial charge >= 0.3 is 6.09 Å². The molecule has 0 saturated carbocycles. The molecule has 2 aliphatic heterocycles. The molecule has 124 valence electrons. The molecule has 2 heterocycles. The second kappa shape index (κ2) is 5.81. The van der Waals surface area contributed by atoms with Crippen molar-refractivity contribution in [1.29, 1.82) is 0 Å². The van der Waals surface area contributed by atoms with E-state index in [9.17, 15) is 23.2 Å². The van der Waals surface area contributed by atoms with Gasteiger partial charge in [0.25, 0.3) is 0 Å². The Kier molecular flexibility index (Phi) is 4.39. The Balaban J connectivity index is 2.09. The third-order valence-electron chi connectivity index (χ3n) is 3.55. The molecule has 2 rings (SSSR count). The zero-order chi connectivity index (χ0) is 16.7. The Hall–Kier alpha value is -1.73. The molecule has 0 spiro atoms. The van der Waals surface area contributed by atoms with Crippen LogP contribution in [0.25, 0.3) is 0 Å². The number of carbonyl (C=O) groups excluding carboxylic acids is 3. The van der Waals surface area contributed by atoms with Gasteiger partial charge < -0.3 is 9.64 Å². The Morgan fingerprint density at radius 1 is 1.18 bits per heavy atom. The average Bonchev–Trinajstić information content (AvgIpc) is 2.91. The summed E-state index contributed by atoms with van der Waals surface area (Å²) in [5.41, 5.74) is -0.766. The molecule has 0 aliphatic carbocycles. The van der Waals surface area contributed by atoms with Crippen molar-refractivity contribution in [3.8, 4) is 0 Å². The second-order valence-corrected chi connectivity index (χ2v) is 6.64. The van der Waals surface area contributed by atoms with E-state index in [0.29, 0.717) is 0 Å². The summed E-state index contributed by atoms with van der Waals surface area (Å²) in [6, 6.07) is -1.04. The summed E-state index contributed by atoms with van der Waals surface area (Å²) in [7, 11) is 0. The van der Waals surface area contributed by atoms with Crippen molar-refractivity contribution in [2.45, 2.75) is 51.2 Å². The van der Waals surface area contributed by atoms with E-state index in [2.05, 4.69) is 0 Å². The van der Waals surface area contributed by atoms with Gasteiger partial charge in [0.05, 0.1) is 19.6 Å². The number of hydrogen-bond donors (Lipinski definition) is 0. The second-order valence-electron chi connectivity index (χ2n) is 6.64. The minimum absolute atomic E-state index is 0.150. The molecule has 2 amide bonds. The van der Waals surface area contributed by atoms with E-state index in [1.807, 2.05) is 0 Å². The highest BCUT2D eigenvalue weighted by molar-refractivity contribution is 5.97. The van der Waals surface area contributed by atoms with Crippen molar-refractivity contribution < 1.29 is 27.9 Å². The molecule has 0 aromatic rings. The number of likely N-dealkylation sites (tertiary alicyclic amines) is 2. The van der Waals surface area contributed by atoms with Gasteiger partial charge in [0.1, 0.15) is 11.6 Å². The molecule has 0 aromatic carbocycles. The molecule has 0 bridgehead atoms. The fourth-order valence-corrected chi connectivity index (χ4v) is 2.54. The van der Waals surface area contributed by atoms with E-state index < -0.39 is 36.0 Å². The molecule has 6 nitrogen and oxygen atoms in total. The molecule has 0 aromatic heterocycles. The van der Waals surface area contributed by atoms with Gasteiger partial charge in [-0.3, -0.25) is 14.5 Å². The number of nitrogens with zero attached hydrogens (tertiary/aromatic N) is 2. The van der Waals surface area contributed by atoms with Crippen molar-refractivity contribution >= 4 is 17.8 Å². The molecular formula is C14H20F2N2O4. The van der Waals surface area contributed by atoms with Crippen molar-refractivity contribution in [1.82, 2.24) is 9.80 Å². The first-order chi connectivity index (χ1) is 10.1. The fraction of sp³-hybridized carbons (Fsp3) is 0.786. The lowest BCUT2D eigenvalue weighted by Gasteiger charge is -2.29. The normalized spacial score (nSPS) is 29.1. The third-order valence-corrected chi connectivity index (χ3v) is 3.55. The van der Waals surface area contributed by atoms with Gasteiger partial charge in [-0.2, -0.15) is 0 Å². The number of ketones is 1. The number of halogens is 2. The highest BCUT2D eigenvalue weighted by atomic mass is 19.2. The standard InChI is InChI=1S/C14H20F2N2O4/c1-14(2,3)22-13(21)18-5-8(19)4-11(18)12(20)17-6-9(15)10(16)7-17/h9-11H,4-7H2,1-3H3/t9-,10+,11-/m0/s1. The van der Waals surface area contributed by atoms with Crippen LogP contribution in [0.4, 0.5) is 13.6 Å². The van der Waals surface area contributed by atoms with Gasteiger partial charge in [0.2, 0.25) is 5.91 Å². The number of Topliss-reactive ketones (excluding diaryl/α,β-unsaturated/α-hetero) is 1. The van der Waals surface area contributed by atoms with Crippen LogP contribution in [0.3, 0.4) is 0 Å². The number of ether oxygens (including phenoxy) is 1. The monoisotopic (exact) mass is 318 g/mol. The summed E-state index contributed by atoms with van der Waals surface area (Å²) in [5, 5.41) is 0. The maximum Gasteiger partial charge on any atom is 0.411 e. The van der Waals surface area contributed by atoms with Crippen LogP contribution in [0.5, 0.6) is 0 Å². The highest BCUT2D eigenvalue weighted by Crippen LogP contribution is 2.24. The van der Waals surface area contributed by atoms with Crippen LogP contribution in [0.1, 0.15) is 27.2 Å². The maximum absolute atomic E-state index is 13.2. The van der Waals surface area contributed by atoms with Crippen LogP contribution in [0.2, 0.25) is 0 Å². The smallest absolute Gasteiger partial charge is 0.411 e. The van der Waals surface area contributed by atoms with Crippen LogP contribution in [0.15, 0.2) is 0 Å². The molecule has 2 aliphatic rings. The van der Waals surface area contributed by atoms with E-state index in [4.69, 9.17) is 4.74 Å². The predicted octanol–water partition coefficient (Wildman–Crippen LogP) is 1.08. The Labute approximate surface area is 127 Å². The van der Waals surface area contributed by atoms with Gasteiger partial charge in [-0.15, -0.1) is 0 Å². The van der Waals surface area contributed by atoms with E-state index in [0.717, 1.165) is 9.80 Å². The van der Waals surface area contributed by atoms with Crippen LogP contribution >= 0.6 is 0 Å². The van der Waals surface area contributed by atoms with Crippen molar-refractivity contribution in [3.05, 3.63) is 0 Å². The summed E-state index contributed by atoms with van der Waals surface area (Å²) >= 11 is 0. The lowest BCUT2D eigenvalue weighted by molar-refractivity contribution is -0.135. The van der Waals surface area contributed by atoms with Crippen LogP contribution < -0.4 is 0 Å². The van der Waals surface area contributed by atoms with E-state index in [1.54, 1.807) is 20.8 Å². The quantitative estimate of drug-likeness (QED) is 0.726. The van der Waals surface area contributed by atoms with Gasteiger partial charge in [-0.05, 0) is 20.8 Å². The van der Waals surface area contributed by atoms with E-state index >= 15 is 0 Å². The van der Waals surface area contributed by atoms with E-state index in [-0.39, 0.29) is 31.8 Å². The van der Waals surface area contributed by atoms with Crippen molar-refractivity contribution in [3.63, 3.8) is 0 Å². The Morgan fingerprint density at radius 3 is 2.23 bits per heavy atom. The Morgan fingerprint density at radius 2 is 1.73 bits per heavy atom. The maximum atomic E-state index is 13.2. The molecule has 0 radical (unpaired) electrons. The molecule has 0 unspecified atom stereocenters. The first kappa shape index (κ1) is 16.6. The molecule has 0 N–H and O–H groups in total. The summed E-state index contributed by atoms with van der Waals surface area (Å²) in [6.07, 6.45) is -4.38. The highest BCUT2D eigenvalue weighted by Gasteiger charge is 2.45. The number of alkyl halides is 2. The van der Waals surface area contributed by atoms with Crippen molar-refractivity contribution in [2.75, 3.05) is 19.6 Å². The SMILES string of the molecule is CC(C)(C)OC(=O)N1CC(=O)C[C@H]1C(=O)N1C[C@@H](F)[C@@H](F)C1. The molecular weight excluding hydrogens is 298 g/mol. The van der Waals surface area contributed by atoms with Gasteiger partial charge in [0.15, 0.2) is 18.1 Å². The number of rotatable bonds is 1. The molecule has 22 heavy (non-hydrogen) atoms. The first-order valence-corrected chi connectivity index (χ1v) is 7.17. The average molecular weight is 318 g/mol. The summed E-state index contributed by atoms with van der Waals surface area (Å²) in [6.45, 7) is 4.07. The zero-order valence-electron chi connectivity index (χ0n) is 12.8. The first-order valence-electron chi connectivity index (χ1n) is 7.17. The molecule has 3 atom stereocenters. The third kappa shape index (κ3) is 3.53. The van der Waals surface area contributed by atoms with Crippen molar-refractivity contribution in [2.24, 2.45) is 0 Å². The molecule has 2 fully saturated rings. The number of carbonyl (C=O) groups is 3. The molecule has 2 saturated heterocycles. The predicted molar refractivity (Wildman–Crippen MR) is 72.7 cm³/mol. The van der Waals surface area contributed by atoms with Gasteiger partial charge in [-0.25, -0.2) is 13.6 Å². The summed E-state index contributed by atoms with van der Waals surface area (Å²) in [5.74, 6) is -0.892. The summed E-state index contributed by atoms with van der Waals surface area (Å²) < 4.78 is 31.6. The van der Waals surface area contributed by atoms with Crippen LogP contribution in [0, 0.1) is 0 Å². The Bertz CT molecular complexity index is 482. The number of amides is 2. The van der Waals surface area contributed by atoms with Gasteiger partial charge in [0, 0.05) is 6.42 Å². The number of hydrogen-bond acceptors (Lipinski definition) is 4. The largest absolute Gasteiger partial charge is 0.444 e. The fourth-order valence-electron chi connectivity index (χ4n) is 2.54. The topological polar surface area (TPSA) is 66.9 Å². The lowest BCUT2D eigenvalue weighted by Crippen LogP contribution is -2.48. The van der Waals surface area contributed by atoms with Crippen LogP contribution in [-0.2, 0) is 14.3 Å². The lowest BCUT2D eigenvalue weighted by atomic mass is 10.2. The van der Waals surface area contributed by atoms with Crippen LogP contribution in [-0.4, -0.2) is 71.2 Å². The van der Waals surface area contributed by atoms with Gasteiger partial charge in [-0.1, -0.05) is 0 Å².